The Morgan fingerprint density at radius 3 is 2.40 bits per heavy atom. The van der Waals surface area contributed by atoms with Gasteiger partial charge in [-0.2, -0.15) is 0 Å². The van der Waals surface area contributed by atoms with Crippen LogP contribution >= 0.6 is 11.6 Å². The summed E-state index contributed by atoms with van der Waals surface area (Å²) < 4.78 is 25.6. The minimum Gasteiger partial charge on any atom is -0.322 e. The smallest absolute Gasteiger partial charge is 0.271 e. The third-order valence-electron chi connectivity index (χ3n) is 4.30. The molecule has 0 aromatic heterocycles. The molecule has 0 bridgehead atoms. The third kappa shape index (κ3) is 5.22. The van der Waals surface area contributed by atoms with Crippen molar-refractivity contribution in [3.05, 3.63) is 100 Å². The number of benzene rings is 3. The van der Waals surface area contributed by atoms with Gasteiger partial charge in [-0.05, 0) is 29.8 Å². The first-order valence-electron chi connectivity index (χ1n) is 8.84. The zero-order valence-electron chi connectivity index (χ0n) is 15.6. The molecule has 154 valence electrons. The number of rotatable bonds is 7. The fourth-order valence-corrected chi connectivity index (χ4v) is 4.78. The highest BCUT2D eigenvalue weighted by Gasteiger charge is 2.22. The zero-order valence-corrected chi connectivity index (χ0v) is 17.1. The third-order valence-corrected chi connectivity index (χ3v) is 6.63. The van der Waals surface area contributed by atoms with E-state index < -0.39 is 26.0 Å². The number of alkyl halides is 1. The first-order valence-corrected chi connectivity index (χ1v) is 10.9. The van der Waals surface area contributed by atoms with Crippen molar-refractivity contribution in [2.24, 2.45) is 0 Å². The number of amides is 1. The molecule has 0 heterocycles. The number of nitro benzene ring substituents is 1. The number of halogens is 1. The van der Waals surface area contributed by atoms with E-state index in [-0.39, 0.29) is 27.6 Å². The van der Waals surface area contributed by atoms with E-state index in [1.807, 2.05) is 6.07 Å². The zero-order chi connectivity index (χ0) is 21.7. The number of carbonyl (C=O) groups is 1. The molecule has 0 saturated carbocycles. The van der Waals surface area contributed by atoms with Crippen molar-refractivity contribution in [1.29, 1.82) is 0 Å². The van der Waals surface area contributed by atoms with Crippen LogP contribution in [0.2, 0.25) is 0 Å². The highest BCUT2D eigenvalue weighted by atomic mass is 35.5. The van der Waals surface area contributed by atoms with Crippen LogP contribution in [-0.2, 0) is 9.84 Å². The van der Waals surface area contributed by atoms with Gasteiger partial charge in [-0.15, -0.1) is 11.6 Å². The molecule has 0 spiro atoms. The van der Waals surface area contributed by atoms with Crippen LogP contribution in [0.4, 0.5) is 11.4 Å². The van der Waals surface area contributed by atoms with Crippen LogP contribution in [0.5, 0.6) is 0 Å². The summed E-state index contributed by atoms with van der Waals surface area (Å²) >= 11 is 6.28. The highest BCUT2D eigenvalue weighted by molar-refractivity contribution is 7.91. The number of nitrogens with zero attached hydrogens (tertiary/aromatic N) is 1. The van der Waals surface area contributed by atoms with Crippen molar-refractivity contribution in [3.8, 4) is 0 Å². The second kappa shape index (κ2) is 9.06. The molecular formula is C21H17ClN2O5S. The van der Waals surface area contributed by atoms with Gasteiger partial charge < -0.3 is 5.32 Å². The van der Waals surface area contributed by atoms with Crippen LogP contribution in [0.3, 0.4) is 0 Å². The molecule has 0 aliphatic rings. The average molecular weight is 445 g/mol. The number of hydrogen-bond acceptors (Lipinski definition) is 5. The lowest BCUT2D eigenvalue weighted by molar-refractivity contribution is -0.384. The van der Waals surface area contributed by atoms with Crippen molar-refractivity contribution >= 4 is 38.7 Å². The SMILES string of the molecule is O=C(Nc1cccc([N+](=O)[O-])c1)c1cccc(S(=O)(=O)C[C@H](Cl)c2ccccc2)c1. The van der Waals surface area contributed by atoms with Crippen LogP contribution in [0.1, 0.15) is 21.3 Å². The van der Waals surface area contributed by atoms with Gasteiger partial charge in [0.2, 0.25) is 0 Å². The quantitative estimate of drug-likeness (QED) is 0.325. The van der Waals surface area contributed by atoms with Gasteiger partial charge in [0.1, 0.15) is 0 Å². The molecule has 1 N–H and O–H groups in total. The van der Waals surface area contributed by atoms with Crippen molar-refractivity contribution in [1.82, 2.24) is 0 Å². The van der Waals surface area contributed by atoms with Crippen molar-refractivity contribution in [2.45, 2.75) is 10.3 Å². The van der Waals surface area contributed by atoms with E-state index in [0.717, 1.165) is 0 Å². The van der Waals surface area contributed by atoms with Gasteiger partial charge in [0.05, 0.1) is 20.9 Å². The number of hydrogen-bond donors (Lipinski definition) is 1. The summed E-state index contributed by atoms with van der Waals surface area (Å²) in [5.41, 5.74) is 0.848. The summed E-state index contributed by atoms with van der Waals surface area (Å²) in [7, 11) is -3.76. The molecule has 0 radical (unpaired) electrons. The maximum absolute atomic E-state index is 12.8. The van der Waals surface area contributed by atoms with Crippen LogP contribution in [-0.4, -0.2) is 25.0 Å². The molecule has 0 aliphatic carbocycles. The molecular weight excluding hydrogens is 428 g/mol. The Kier molecular flexibility index (Phi) is 6.49. The van der Waals surface area contributed by atoms with Crippen LogP contribution < -0.4 is 5.32 Å². The number of nitrogens with one attached hydrogen (secondary N) is 1. The first kappa shape index (κ1) is 21.5. The summed E-state index contributed by atoms with van der Waals surface area (Å²) in [6.45, 7) is 0. The first-order chi connectivity index (χ1) is 14.3. The molecule has 7 nitrogen and oxygen atoms in total. The van der Waals surface area contributed by atoms with Crippen LogP contribution in [0, 0.1) is 10.1 Å². The number of non-ortho nitro benzene ring substituents is 1. The fourth-order valence-electron chi connectivity index (χ4n) is 2.78. The number of nitro groups is 1. The molecule has 9 heteroatoms. The Bertz CT molecular complexity index is 1180. The molecule has 1 amide bonds. The van der Waals surface area contributed by atoms with E-state index in [9.17, 15) is 23.3 Å². The van der Waals surface area contributed by atoms with Gasteiger partial charge in [0, 0.05) is 23.4 Å². The second-order valence-corrected chi connectivity index (χ2v) is 9.01. The normalized spacial score (nSPS) is 12.2. The van der Waals surface area contributed by atoms with Gasteiger partial charge in [-0.3, -0.25) is 14.9 Å². The molecule has 30 heavy (non-hydrogen) atoms. The van der Waals surface area contributed by atoms with E-state index >= 15 is 0 Å². The summed E-state index contributed by atoms with van der Waals surface area (Å²) in [5, 5.41) is 12.7. The second-order valence-electron chi connectivity index (χ2n) is 6.45. The Hall–Kier alpha value is -3.23. The number of sulfone groups is 1. The van der Waals surface area contributed by atoms with E-state index in [1.54, 1.807) is 24.3 Å². The summed E-state index contributed by atoms with van der Waals surface area (Å²) in [5.74, 6) is -0.910. The molecule has 0 unspecified atom stereocenters. The Morgan fingerprint density at radius 2 is 1.70 bits per heavy atom. The summed E-state index contributed by atoms with van der Waals surface area (Å²) in [6, 6.07) is 19.9. The van der Waals surface area contributed by atoms with E-state index in [1.165, 1.54) is 48.5 Å². The minimum absolute atomic E-state index is 0.0317. The van der Waals surface area contributed by atoms with Gasteiger partial charge in [0.25, 0.3) is 11.6 Å². The molecule has 1 atom stereocenters. The Morgan fingerprint density at radius 1 is 1.00 bits per heavy atom. The van der Waals surface area contributed by atoms with E-state index in [4.69, 9.17) is 11.6 Å². The summed E-state index contributed by atoms with van der Waals surface area (Å²) in [6.07, 6.45) is 0. The van der Waals surface area contributed by atoms with Gasteiger partial charge in [0.15, 0.2) is 9.84 Å². The molecule has 3 rings (SSSR count). The number of anilines is 1. The molecule has 0 saturated heterocycles. The average Bonchev–Trinajstić information content (AvgIpc) is 2.74. The van der Waals surface area contributed by atoms with Gasteiger partial charge in [-0.25, -0.2) is 8.42 Å². The van der Waals surface area contributed by atoms with Gasteiger partial charge in [-0.1, -0.05) is 42.5 Å². The maximum atomic E-state index is 12.8. The maximum Gasteiger partial charge on any atom is 0.271 e. The lowest BCUT2D eigenvalue weighted by Crippen LogP contribution is -2.15. The van der Waals surface area contributed by atoms with Gasteiger partial charge >= 0.3 is 0 Å². The lowest BCUT2D eigenvalue weighted by atomic mass is 10.2. The topological polar surface area (TPSA) is 106 Å². The Labute approximate surface area is 178 Å². The van der Waals surface area contributed by atoms with E-state index in [2.05, 4.69) is 5.32 Å². The largest absolute Gasteiger partial charge is 0.322 e. The highest BCUT2D eigenvalue weighted by Crippen LogP contribution is 2.26. The number of carbonyl (C=O) groups excluding carboxylic acids is 1. The van der Waals surface area contributed by atoms with Crippen molar-refractivity contribution < 1.29 is 18.1 Å². The Balaban J connectivity index is 1.78. The molecule has 3 aromatic carbocycles. The molecule has 0 aliphatic heterocycles. The fraction of sp³-hybridized carbons (Fsp3) is 0.0952. The van der Waals surface area contributed by atoms with Crippen molar-refractivity contribution in [3.63, 3.8) is 0 Å². The van der Waals surface area contributed by atoms with Crippen LogP contribution in [0.15, 0.2) is 83.8 Å². The molecule has 0 fully saturated rings. The van der Waals surface area contributed by atoms with E-state index in [0.29, 0.717) is 5.56 Å². The van der Waals surface area contributed by atoms with Crippen molar-refractivity contribution in [2.75, 3.05) is 11.1 Å². The lowest BCUT2D eigenvalue weighted by Gasteiger charge is -2.12. The predicted octanol–water partition coefficient (Wildman–Crippen LogP) is 4.60. The predicted molar refractivity (Wildman–Crippen MR) is 115 cm³/mol. The monoisotopic (exact) mass is 444 g/mol. The van der Waals surface area contributed by atoms with Crippen LogP contribution in [0.25, 0.3) is 0 Å². The summed E-state index contributed by atoms with van der Waals surface area (Å²) in [4.78, 5) is 22.8. The molecule has 3 aromatic rings. The minimum atomic E-state index is -3.76. The standard InChI is InChI=1S/C21H17ClN2O5S/c22-20(15-6-2-1-3-7-15)14-30(28,29)19-11-4-8-16(12-19)21(25)23-17-9-5-10-18(13-17)24(26)27/h1-13,20H,14H2,(H,23,25)/t20-/m0/s1.